The monoisotopic (exact) mass is 535 g/mol. The Bertz CT molecular complexity index is 1330. The summed E-state index contributed by atoms with van der Waals surface area (Å²) in [6.45, 7) is 1.92. The predicted molar refractivity (Wildman–Crippen MR) is 150 cm³/mol. The van der Waals surface area contributed by atoms with Crippen LogP contribution in [0.4, 0.5) is 0 Å². The van der Waals surface area contributed by atoms with Crippen molar-refractivity contribution in [2.75, 3.05) is 20.2 Å². The van der Waals surface area contributed by atoms with Gasteiger partial charge in [-0.3, -0.25) is 4.79 Å². The molecule has 1 amide bonds. The van der Waals surface area contributed by atoms with E-state index in [1.807, 2.05) is 67.6 Å². The number of carbonyl (C=O) groups excluding carboxylic acids is 1. The molecule has 3 aromatic carbocycles. The summed E-state index contributed by atoms with van der Waals surface area (Å²) in [6.07, 6.45) is 3.74. The van der Waals surface area contributed by atoms with Crippen LogP contribution < -0.4 is 15.8 Å². The van der Waals surface area contributed by atoms with Gasteiger partial charge in [0.25, 0.3) is 0 Å². The molecule has 0 saturated heterocycles. The van der Waals surface area contributed by atoms with Gasteiger partial charge in [0.2, 0.25) is 15.9 Å². The average molecular weight is 536 g/mol. The number of para-hydroxylation sites is 1. The van der Waals surface area contributed by atoms with Gasteiger partial charge in [0.1, 0.15) is 5.75 Å². The molecular formula is C30H37N3O4S. The molecule has 1 saturated carbocycles. The lowest BCUT2D eigenvalue weighted by molar-refractivity contribution is -0.122. The molecule has 4 rings (SSSR count). The van der Waals surface area contributed by atoms with E-state index in [-0.39, 0.29) is 36.0 Å². The molecule has 0 radical (unpaired) electrons. The first-order valence-corrected chi connectivity index (χ1v) is 14.5. The number of hydrogen-bond acceptors (Lipinski definition) is 5. The van der Waals surface area contributed by atoms with Crippen LogP contribution in [0.2, 0.25) is 0 Å². The Hall–Kier alpha value is -3.20. The molecule has 0 atom stereocenters. The molecule has 0 aromatic heterocycles. The fourth-order valence-electron chi connectivity index (χ4n) is 4.99. The summed E-state index contributed by atoms with van der Waals surface area (Å²) in [5.41, 5.74) is 9.98. The van der Waals surface area contributed by atoms with Gasteiger partial charge < -0.3 is 15.8 Å². The number of methoxy groups -OCH3 is 1. The van der Waals surface area contributed by atoms with E-state index in [0.29, 0.717) is 12.2 Å². The van der Waals surface area contributed by atoms with Crippen LogP contribution in [0.3, 0.4) is 0 Å². The van der Waals surface area contributed by atoms with Crippen LogP contribution in [0.1, 0.15) is 36.8 Å². The Balaban J connectivity index is 1.55. The highest BCUT2D eigenvalue weighted by Gasteiger charge is 2.28. The smallest absolute Gasteiger partial charge is 0.243 e. The van der Waals surface area contributed by atoms with E-state index in [1.165, 1.54) is 4.31 Å². The SMILES string of the molecule is COc1ccccc1CCN(CC(=O)NC1CCC(N)CC1)S(=O)(=O)c1ccc(-c2ccccc2C)cc1. The molecule has 3 N–H and O–H groups in total. The summed E-state index contributed by atoms with van der Waals surface area (Å²) < 4.78 is 34.3. The topological polar surface area (TPSA) is 102 Å². The van der Waals surface area contributed by atoms with Gasteiger partial charge >= 0.3 is 0 Å². The number of nitrogens with two attached hydrogens (primary N) is 1. The molecule has 7 nitrogen and oxygen atoms in total. The van der Waals surface area contributed by atoms with E-state index >= 15 is 0 Å². The zero-order chi connectivity index (χ0) is 27.1. The summed E-state index contributed by atoms with van der Waals surface area (Å²) in [7, 11) is -2.34. The minimum Gasteiger partial charge on any atom is -0.496 e. The van der Waals surface area contributed by atoms with Crippen LogP contribution in [0, 0.1) is 6.92 Å². The van der Waals surface area contributed by atoms with Gasteiger partial charge in [-0.2, -0.15) is 4.31 Å². The van der Waals surface area contributed by atoms with Crippen molar-refractivity contribution in [3.63, 3.8) is 0 Å². The number of aryl methyl sites for hydroxylation is 1. The van der Waals surface area contributed by atoms with Crippen molar-refractivity contribution in [2.45, 2.75) is 56.0 Å². The average Bonchev–Trinajstić information content (AvgIpc) is 2.92. The van der Waals surface area contributed by atoms with Gasteiger partial charge in [0.05, 0.1) is 18.6 Å². The lowest BCUT2D eigenvalue weighted by Gasteiger charge is -2.28. The molecule has 0 unspecified atom stereocenters. The first-order chi connectivity index (χ1) is 18.3. The van der Waals surface area contributed by atoms with Crippen LogP contribution in [0.5, 0.6) is 5.75 Å². The Labute approximate surface area is 226 Å². The molecule has 3 aromatic rings. The van der Waals surface area contributed by atoms with E-state index in [1.54, 1.807) is 19.2 Å². The second-order valence-corrected chi connectivity index (χ2v) is 11.9. The summed E-state index contributed by atoms with van der Waals surface area (Å²) >= 11 is 0. The van der Waals surface area contributed by atoms with Crippen molar-refractivity contribution in [2.24, 2.45) is 5.73 Å². The molecule has 0 spiro atoms. The highest BCUT2D eigenvalue weighted by Crippen LogP contribution is 2.26. The quantitative estimate of drug-likeness (QED) is 0.403. The van der Waals surface area contributed by atoms with Crippen LogP contribution in [-0.4, -0.2) is 50.9 Å². The van der Waals surface area contributed by atoms with Crippen molar-refractivity contribution in [3.05, 3.63) is 83.9 Å². The number of amides is 1. The van der Waals surface area contributed by atoms with Gasteiger partial charge in [-0.25, -0.2) is 8.42 Å². The maximum absolute atomic E-state index is 13.8. The third kappa shape index (κ3) is 6.81. The number of ether oxygens (including phenoxy) is 1. The van der Waals surface area contributed by atoms with Crippen molar-refractivity contribution in [1.29, 1.82) is 0 Å². The highest BCUT2D eigenvalue weighted by atomic mass is 32.2. The molecule has 202 valence electrons. The first kappa shape index (κ1) is 27.8. The molecule has 38 heavy (non-hydrogen) atoms. The molecule has 1 aliphatic carbocycles. The highest BCUT2D eigenvalue weighted by molar-refractivity contribution is 7.89. The van der Waals surface area contributed by atoms with Gasteiger partial charge in [-0.05, 0) is 79.5 Å². The van der Waals surface area contributed by atoms with Gasteiger partial charge in [0.15, 0.2) is 0 Å². The number of carbonyl (C=O) groups is 1. The maximum Gasteiger partial charge on any atom is 0.243 e. The van der Waals surface area contributed by atoms with E-state index in [2.05, 4.69) is 5.32 Å². The predicted octanol–water partition coefficient (Wildman–Crippen LogP) is 4.29. The Kier molecular flexibility index (Phi) is 9.20. The van der Waals surface area contributed by atoms with Crippen LogP contribution >= 0.6 is 0 Å². The Morgan fingerprint density at radius 1 is 0.974 bits per heavy atom. The van der Waals surface area contributed by atoms with Gasteiger partial charge in [-0.1, -0.05) is 54.6 Å². The van der Waals surface area contributed by atoms with Gasteiger partial charge in [-0.15, -0.1) is 0 Å². The summed E-state index contributed by atoms with van der Waals surface area (Å²) in [4.78, 5) is 13.2. The molecule has 0 heterocycles. The van der Waals surface area contributed by atoms with Crippen molar-refractivity contribution >= 4 is 15.9 Å². The lowest BCUT2D eigenvalue weighted by atomic mass is 9.92. The second-order valence-electron chi connectivity index (χ2n) is 9.92. The summed E-state index contributed by atoms with van der Waals surface area (Å²) in [5, 5.41) is 3.03. The van der Waals surface area contributed by atoms with Crippen LogP contribution in [-0.2, 0) is 21.2 Å². The second kappa shape index (κ2) is 12.6. The number of nitrogens with zero attached hydrogens (tertiary/aromatic N) is 1. The fraction of sp³-hybridized carbons (Fsp3) is 0.367. The fourth-order valence-corrected chi connectivity index (χ4v) is 6.39. The largest absolute Gasteiger partial charge is 0.496 e. The lowest BCUT2D eigenvalue weighted by Crippen LogP contribution is -2.46. The zero-order valence-electron chi connectivity index (χ0n) is 22.1. The normalized spacial score (nSPS) is 17.8. The number of benzene rings is 3. The Morgan fingerprint density at radius 2 is 1.63 bits per heavy atom. The molecular weight excluding hydrogens is 498 g/mol. The number of nitrogens with one attached hydrogen (secondary N) is 1. The minimum absolute atomic E-state index is 0.0227. The van der Waals surface area contributed by atoms with E-state index in [9.17, 15) is 13.2 Å². The molecule has 0 aliphatic heterocycles. The molecule has 1 fully saturated rings. The van der Waals surface area contributed by atoms with Crippen molar-refractivity contribution < 1.29 is 17.9 Å². The van der Waals surface area contributed by atoms with Crippen molar-refractivity contribution in [1.82, 2.24) is 9.62 Å². The Morgan fingerprint density at radius 3 is 2.32 bits per heavy atom. The molecule has 1 aliphatic rings. The number of rotatable bonds is 10. The molecule has 8 heteroatoms. The molecule has 0 bridgehead atoms. The van der Waals surface area contributed by atoms with Gasteiger partial charge in [0, 0.05) is 18.6 Å². The van der Waals surface area contributed by atoms with Crippen LogP contribution in [0.15, 0.2) is 77.7 Å². The maximum atomic E-state index is 13.8. The van der Waals surface area contributed by atoms with E-state index < -0.39 is 10.0 Å². The minimum atomic E-state index is -3.93. The van der Waals surface area contributed by atoms with E-state index in [4.69, 9.17) is 10.5 Å². The van der Waals surface area contributed by atoms with E-state index in [0.717, 1.165) is 47.9 Å². The van der Waals surface area contributed by atoms with Crippen molar-refractivity contribution in [3.8, 4) is 16.9 Å². The zero-order valence-corrected chi connectivity index (χ0v) is 22.9. The standard InChI is InChI=1S/C30H37N3O4S/c1-22-7-3-5-9-28(22)23-11-17-27(18-12-23)38(35,36)33(20-19-24-8-4-6-10-29(24)37-2)21-30(34)32-26-15-13-25(31)14-16-26/h3-12,17-18,25-26H,13-16,19-21,31H2,1-2H3,(H,32,34). The third-order valence-electron chi connectivity index (χ3n) is 7.23. The number of hydrogen-bond donors (Lipinski definition) is 2. The number of sulfonamides is 1. The third-order valence-corrected chi connectivity index (χ3v) is 9.09. The first-order valence-electron chi connectivity index (χ1n) is 13.1. The summed E-state index contributed by atoms with van der Waals surface area (Å²) in [5.74, 6) is 0.390. The van der Waals surface area contributed by atoms with Crippen LogP contribution in [0.25, 0.3) is 11.1 Å². The summed E-state index contributed by atoms with van der Waals surface area (Å²) in [6, 6.07) is 22.6.